The molecular formula is C24H38N4O3. The van der Waals surface area contributed by atoms with E-state index in [0.717, 1.165) is 44.3 Å². The Morgan fingerprint density at radius 1 is 1.13 bits per heavy atom. The first-order valence-corrected chi connectivity index (χ1v) is 12.4. The maximum atomic E-state index is 12.1. The quantitative estimate of drug-likeness (QED) is 0.707. The van der Waals surface area contributed by atoms with Gasteiger partial charge in [-0.2, -0.15) is 0 Å². The molecule has 0 amide bonds. The van der Waals surface area contributed by atoms with Crippen LogP contribution in [0.3, 0.4) is 0 Å². The van der Waals surface area contributed by atoms with Gasteiger partial charge in [0.1, 0.15) is 11.9 Å². The van der Waals surface area contributed by atoms with Crippen molar-refractivity contribution in [3.8, 4) is 0 Å². The van der Waals surface area contributed by atoms with E-state index < -0.39 is 0 Å². The Morgan fingerprint density at radius 3 is 2.65 bits per heavy atom. The van der Waals surface area contributed by atoms with Gasteiger partial charge >= 0.3 is 5.97 Å². The summed E-state index contributed by atoms with van der Waals surface area (Å²) in [5, 5.41) is 24.8. The van der Waals surface area contributed by atoms with E-state index in [4.69, 9.17) is 4.74 Å². The van der Waals surface area contributed by atoms with Crippen LogP contribution in [0.4, 0.5) is 0 Å². The number of aromatic amines is 1. The van der Waals surface area contributed by atoms with Gasteiger partial charge in [0.05, 0.1) is 6.10 Å². The highest BCUT2D eigenvalue weighted by Crippen LogP contribution is 2.68. The van der Waals surface area contributed by atoms with Crippen LogP contribution in [0.25, 0.3) is 0 Å². The zero-order chi connectivity index (χ0) is 21.8. The van der Waals surface area contributed by atoms with E-state index >= 15 is 0 Å². The lowest BCUT2D eigenvalue weighted by molar-refractivity contribution is -0.193. The van der Waals surface area contributed by atoms with Crippen molar-refractivity contribution in [1.82, 2.24) is 20.6 Å². The summed E-state index contributed by atoms with van der Waals surface area (Å²) in [5.74, 6) is 3.52. The lowest BCUT2D eigenvalue weighted by Crippen LogP contribution is -2.59. The molecule has 1 aromatic heterocycles. The van der Waals surface area contributed by atoms with Crippen LogP contribution in [0.15, 0.2) is 0 Å². The van der Waals surface area contributed by atoms with Gasteiger partial charge in [0.15, 0.2) is 0 Å². The molecule has 9 atom stereocenters. The van der Waals surface area contributed by atoms with Gasteiger partial charge in [-0.05, 0) is 103 Å². The van der Waals surface area contributed by atoms with Crippen LogP contribution in [0.5, 0.6) is 0 Å². The van der Waals surface area contributed by atoms with E-state index in [1.165, 1.54) is 25.7 Å². The summed E-state index contributed by atoms with van der Waals surface area (Å²) in [6.45, 7) is 6.55. The number of aliphatic hydroxyl groups excluding tert-OH is 1. The average molecular weight is 431 g/mol. The second-order valence-corrected chi connectivity index (χ2v) is 11.5. The van der Waals surface area contributed by atoms with Crippen molar-refractivity contribution in [2.75, 3.05) is 0 Å². The summed E-state index contributed by atoms with van der Waals surface area (Å²) in [5.41, 5.74) is 0.565. The number of fused-ring (bicyclic) bond motifs is 5. The monoisotopic (exact) mass is 430 g/mol. The van der Waals surface area contributed by atoms with Crippen LogP contribution in [0.2, 0.25) is 0 Å². The highest BCUT2D eigenvalue weighted by atomic mass is 16.5. The van der Waals surface area contributed by atoms with Crippen LogP contribution >= 0.6 is 0 Å². The minimum atomic E-state index is -0.192. The van der Waals surface area contributed by atoms with E-state index in [2.05, 4.69) is 34.5 Å². The molecule has 1 aromatic rings. The number of nitrogens with zero attached hydrogens (tertiary/aromatic N) is 3. The number of carbonyl (C=O) groups excluding carboxylic acids is 1. The van der Waals surface area contributed by atoms with Crippen molar-refractivity contribution in [1.29, 1.82) is 0 Å². The maximum absolute atomic E-state index is 12.1. The van der Waals surface area contributed by atoms with Gasteiger partial charge < -0.3 is 9.84 Å². The largest absolute Gasteiger partial charge is 0.462 e. The molecule has 1 heterocycles. The molecule has 2 N–H and O–H groups in total. The molecule has 0 bridgehead atoms. The number of carbonyl (C=O) groups is 1. The molecule has 4 aliphatic carbocycles. The molecule has 172 valence electrons. The Hall–Kier alpha value is -1.50. The molecule has 31 heavy (non-hydrogen) atoms. The summed E-state index contributed by atoms with van der Waals surface area (Å²) in [7, 11) is 0. The number of nitrogens with one attached hydrogen (secondary N) is 1. The number of ether oxygens (including phenoxy) is 1. The predicted octanol–water partition coefficient (Wildman–Crippen LogP) is 3.69. The molecule has 4 fully saturated rings. The van der Waals surface area contributed by atoms with E-state index in [-0.39, 0.29) is 23.6 Å². The first-order valence-electron chi connectivity index (χ1n) is 12.4. The van der Waals surface area contributed by atoms with Crippen LogP contribution in [0.1, 0.15) is 84.4 Å². The van der Waals surface area contributed by atoms with Crippen molar-refractivity contribution >= 4 is 5.97 Å². The molecule has 0 radical (unpaired) electrons. The number of aryl methyl sites for hydroxylation is 1. The standard InChI is InChI=1S/C24H38N4O3/c1-14(29)31-20-13-16-12-17(30)8-10-24(16,3)19-9-11-23(2)15(4-6-18(23)22(19)20)5-7-21-25-27-28-26-21/h15-20,22,30H,4-13H2,1-3H3,(H,25,26,27,28)/t15-,16+,17-,18+,19+,20-,22+,23-,24+/m1/s1. The van der Waals surface area contributed by atoms with Gasteiger partial charge in [0, 0.05) is 19.3 Å². The minimum absolute atomic E-state index is 0.00715. The van der Waals surface area contributed by atoms with Gasteiger partial charge in [-0.1, -0.05) is 13.8 Å². The molecule has 7 nitrogen and oxygen atoms in total. The Balaban J connectivity index is 1.41. The molecule has 4 saturated carbocycles. The number of esters is 1. The number of tetrazole rings is 1. The number of hydrogen-bond donors (Lipinski definition) is 2. The summed E-state index contributed by atoms with van der Waals surface area (Å²) in [6.07, 6.45) is 10.6. The van der Waals surface area contributed by atoms with Crippen LogP contribution in [0, 0.1) is 40.4 Å². The summed E-state index contributed by atoms with van der Waals surface area (Å²) in [6, 6.07) is 0. The van der Waals surface area contributed by atoms with Crippen molar-refractivity contribution in [2.24, 2.45) is 40.4 Å². The number of aliphatic hydroxyl groups is 1. The smallest absolute Gasteiger partial charge is 0.302 e. The van der Waals surface area contributed by atoms with E-state index in [1.807, 2.05) is 0 Å². The third-order valence-corrected chi connectivity index (χ3v) is 10.3. The fraction of sp³-hybridized carbons (Fsp3) is 0.917. The lowest BCUT2D eigenvalue weighted by Gasteiger charge is -2.62. The highest BCUT2D eigenvalue weighted by Gasteiger charge is 2.63. The number of aromatic nitrogens is 4. The predicted molar refractivity (Wildman–Crippen MR) is 115 cm³/mol. The fourth-order valence-electron chi connectivity index (χ4n) is 8.69. The zero-order valence-corrected chi connectivity index (χ0v) is 19.2. The van der Waals surface area contributed by atoms with E-state index in [1.54, 1.807) is 6.92 Å². The molecule has 0 aliphatic heterocycles. The molecule has 0 saturated heterocycles. The van der Waals surface area contributed by atoms with Crippen molar-refractivity contribution in [3.63, 3.8) is 0 Å². The molecule has 0 unspecified atom stereocenters. The van der Waals surface area contributed by atoms with Gasteiger partial charge in [-0.3, -0.25) is 4.79 Å². The first kappa shape index (κ1) is 21.4. The lowest BCUT2D eigenvalue weighted by atomic mass is 9.44. The second kappa shape index (κ2) is 7.82. The van der Waals surface area contributed by atoms with E-state index in [9.17, 15) is 9.90 Å². The summed E-state index contributed by atoms with van der Waals surface area (Å²) >= 11 is 0. The number of hydrogen-bond acceptors (Lipinski definition) is 6. The Morgan fingerprint density at radius 2 is 1.90 bits per heavy atom. The summed E-state index contributed by atoms with van der Waals surface area (Å²) in [4.78, 5) is 12.1. The van der Waals surface area contributed by atoms with E-state index in [0.29, 0.717) is 35.0 Å². The number of H-pyrrole nitrogens is 1. The van der Waals surface area contributed by atoms with Gasteiger partial charge in [0.25, 0.3) is 0 Å². The fourth-order valence-corrected chi connectivity index (χ4v) is 8.69. The highest BCUT2D eigenvalue weighted by molar-refractivity contribution is 5.66. The van der Waals surface area contributed by atoms with Crippen LogP contribution < -0.4 is 0 Å². The topological polar surface area (TPSA) is 101 Å². The van der Waals surface area contributed by atoms with Crippen molar-refractivity contribution < 1.29 is 14.6 Å². The molecule has 5 rings (SSSR count). The molecule has 0 spiro atoms. The Kier molecular flexibility index (Phi) is 5.39. The average Bonchev–Trinajstić information content (AvgIpc) is 3.34. The third-order valence-electron chi connectivity index (χ3n) is 10.3. The normalized spacial score (nSPS) is 46.6. The van der Waals surface area contributed by atoms with Gasteiger partial charge in [0.2, 0.25) is 0 Å². The maximum Gasteiger partial charge on any atom is 0.302 e. The second-order valence-electron chi connectivity index (χ2n) is 11.5. The zero-order valence-electron chi connectivity index (χ0n) is 19.2. The van der Waals surface area contributed by atoms with Crippen molar-refractivity contribution in [3.05, 3.63) is 5.82 Å². The summed E-state index contributed by atoms with van der Waals surface area (Å²) < 4.78 is 6.05. The third kappa shape index (κ3) is 3.51. The molecule has 7 heteroatoms. The Bertz CT molecular complexity index is 801. The van der Waals surface area contributed by atoms with Crippen LogP contribution in [-0.4, -0.2) is 43.9 Å². The first-order chi connectivity index (χ1) is 14.8. The van der Waals surface area contributed by atoms with Crippen LogP contribution in [-0.2, 0) is 16.0 Å². The number of rotatable bonds is 4. The van der Waals surface area contributed by atoms with Gasteiger partial charge in [-0.25, -0.2) is 5.10 Å². The molecule has 4 aliphatic rings. The Labute approximate surface area is 185 Å². The minimum Gasteiger partial charge on any atom is -0.462 e. The van der Waals surface area contributed by atoms with Crippen molar-refractivity contribution in [2.45, 2.75) is 97.2 Å². The SMILES string of the molecule is CC(=O)O[C@@H]1C[C@@H]2C[C@H](O)CC[C@]2(C)[C@H]2CC[C@]3(C)[C@@H](CCc4nnn[nH]4)CC[C@H]3[C@H]12. The molecular weight excluding hydrogens is 392 g/mol. The van der Waals surface area contributed by atoms with Gasteiger partial charge in [-0.15, -0.1) is 5.10 Å². The molecule has 0 aromatic carbocycles.